The Bertz CT molecular complexity index is 395. The molecule has 0 saturated heterocycles. The molecule has 1 heterocycles. The van der Waals surface area contributed by atoms with Crippen LogP contribution in [-0.2, 0) is 16.1 Å². The molecule has 1 aromatic rings. The van der Waals surface area contributed by atoms with Gasteiger partial charge in [0.2, 0.25) is 0 Å². The van der Waals surface area contributed by atoms with Crippen LogP contribution in [0, 0.1) is 6.92 Å². The van der Waals surface area contributed by atoms with Gasteiger partial charge in [-0.25, -0.2) is 0 Å². The van der Waals surface area contributed by atoms with E-state index in [-0.39, 0.29) is 18.1 Å². The molecule has 4 nitrogen and oxygen atoms in total. The van der Waals surface area contributed by atoms with E-state index in [1.165, 1.54) is 10.6 Å². The summed E-state index contributed by atoms with van der Waals surface area (Å²) >= 11 is 0. The first-order valence-electron chi connectivity index (χ1n) is 4.96. The number of hydrogen-bond acceptors (Lipinski definition) is 3. The Hall–Kier alpha value is -1.58. The smallest absolute Gasteiger partial charge is 0.326 e. The maximum absolute atomic E-state index is 11.3. The first-order chi connectivity index (χ1) is 7.13. The van der Waals surface area contributed by atoms with Gasteiger partial charge in [-0.2, -0.15) is 0 Å². The van der Waals surface area contributed by atoms with Crippen LogP contribution < -0.4 is 5.56 Å². The van der Waals surface area contributed by atoms with E-state index < -0.39 is 0 Å². The molecule has 4 heteroatoms. The second-order valence-corrected chi connectivity index (χ2v) is 3.39. The van der Waals surface area contributed by atoms with Crippen molar-refractivity contribution >= 4 is 5.97 Å². The van der Waals surface area contributed by atoms with Crippen LogP contribution in [0.25, 0.3) is 0 Å². The second-order valence-electron chi connectivity index (χ2n) is 3.39. The van der Waals surface area contributed by atoms with E-state index in [2.05, 4.69) is 0 Å². The zero-order valence-electron chi connectivity index (χ0n) is 9.03. The number of aromatic nitrogens is 1. The lowest BCUT2D eigenvalue weighted by Gasteiger charge is -2.06. The molecule has 0 aliphatic heterocycles. The van der Waals surface area contributed by atoms with E-state index >= 15 is 0 Å². The first-order valence-corrected chi connectivity index (χ1v) is 4.96. The second kappa shape index (κ2) is 5.34. The lowest BCUT2D eigenvalue weighted by atomic mass is 10.3. The normalized spacial score (nSPS) is 10.0. The Labute approximate surface area is 88.5 Å². The molecule has 1 rings (SSSR count). The van der Waals surface area contributed by atoms with E-state index in [9.17, 15) is 9.59 Å². The number of ether oxygens (including phenoxy) is 1. The predicted octanol–water partition coefficient (Wildman–Crippen LogP) is 1.11. The molecule has 1 aromatic heterocycles. The van der Waals surface area contributed by atoms with Crippen LogP contribution in [0.2, 0.25) is 0 Å². The van der Waals surface area contributed by atoms with Gasteiger partial charge in [0.05, 0.1) is 6.61 Å². The summed E-state index contributed by atoms with van der Waals surface area (Å²) < 4.78 is 6.25. The van der Waals surface area contributed by atoms with Crippen molar-refractivity contribution in [3.05, 3.63) is 34.2 Å². The lowest BCUT2D eigenvalue weighted by Crippen LogP contribution is -2.24. The van der Waals surface area contributed by atoms with Crippen molar-refractivity contribution in [3.8, 4) is 0 Å². The summed E-state index contributed by atoms with van der Waals surface area (Å²) in [5.41, 5.74) is 0.756. The maximum atomic E-state index is 11.3. The van der Waals surface area contributed by atoms with Gasteiger partial charge in [0.1, 0.15) is 6.54 Å². The summed E-state index contributed by atoms with van der Waals surface area (Å²) in [6.45, 7) is 4.18. The van der Waals surface area contributed by atoms with Crippen LogP contribution in [0.3, 0.4) is 0 Å². The zero-order chi connectivity index (χ0) is 11.3. The Kier molecular flexibility index (Phi) is 4.09. The van der Waals surface area contributed by atoms with Crippen LogP contribution in [0.4, 0.5) is 0 Å². The summed E-state index contributed by atoms with van der Waals surface area (Å²) in [5, 5.41) is 0. The van der Waals surface area contributed by atoms with Gasteiger partial charge in [0.15, 0.2) is 0 Å². The molecule has 0 amide bonds. The molecular formula is C11H15NO3. The lowest BCUT2D eigenvalue weighted by molar-refractivity contribution is -0.144. The van der Waals surface area contributed by atoms with Gasteiger partial charge in [-0.15, -0.1) is 0 Å². The van der Waals surface area contributed by atoms with Crippen LogP contribution in [0.5, 0.6) is 0 Å². The van der Waals surface area contributed by atoms with E-state index in [0.717, 1.165) is 12.0 Å². The molecule has 0 radical (unpaired) electrons. The zero-order valence-corrected chi connectivity index (χ0v) is 9.03. The van der Waals surface area contributed by atoms with Gasteiger partial charge in [-0.1, -0.05) is 13.0 Å². The number of nitrogens with zero attached hydrogens (tertiary/aromatic N) is 1. The number of esters is 1. The summed E-state index contributed by atoms with van der Waals surface area (Å²) in [6, 6.07) is 3.17. The van der Waals surface area contributed by atoms with Crippen LogP contribution in [0.15, 0.2) is 23.1 Å². The van der Waals surface area contributed by atoms with Crippen LogP contribution in [-0.4, -0.2) is 17.1 Å². The fourth-order valence-electron chi connectivity index (χ4n) is 1.18. The maximum Gasteiger partial charge on any atom is 0.326 e. The highest BCUT2D eigenvalue weighted by atomic mass is 16.5. The largest absolute Gasteiger partial charge is 0.464 e. The monoisotopic (exact) mass is 209 g/mol. The van der Waals surface area contributed by atoms with E-state index in [4.69, 9.17) is 4.74 Å². The van der Waals surface area contributed by atoms with E-state index in [0.29, 0.717) is 6.61 Å². The highest BCUT2D eigenvalue weighted by Gasteiger charge is 2.04. The minimum Gasteiger partial charge on any atom is -0.464 e. The molecule has 0 unspecified atom stereocenters. The van der Waals surface area contributed by atoms with Crippen molar-refractivity contribution in [1.29, 1.82) is 0 Å². The molecule has 0 fully saturated rings. The minimum atomic E-state index is -0.371. The average Bonchev–Trinajstić information content (AvgIpc) is 2.20. The van der Waals surface area contributed by atoms with Crippen molar-refractivity contribution < 1.29 is 9.53 Å². The van der Waals surface area contributed by atoms with Gasteiger partial charge in [0, 0.05) is 12.3 Å². The molecule has 0 bridgehead atoms. The average molecular weight is 209 g/mol. The van der Waals surface area contributed by atoms with Crippen molar-refractivity contribution in [3.63, 3.8) is 0 Å². The molecule has 15 heavy (non-hydrogen) atoms. The first kappa shape index (κ1) is 11.5. The Morgan fingerprint density at radius 2 is 2.20 bits per heavy atom. The molecule has 0 spiro atoms. The number of hydrogen-bond donors (Lipinski definition) is 0. The third kappa shape index (κ3) is 3.58. The van der Waals surface area contributed by atoms with Gasteiger partial charge in [0.25, 0.3) is 5.56 Å². The molecule has 0 saturated carbocycles. The summed E-state index contributed by atoms with van der Waals surface area (Å²) in [4.78, 5) is 22.6. The molecule has 0 N–H and O–H groups in total. The van der Waals surface area contributed by atoms with Crippen molar-refractivity contribution in [2.24, 2.45) is 0 Å². The quantitative estimate of drug-likeness (QED) is 0.698. The minimum absolute atomic E-state index is 0.0134. The molecule has 0 atom stereocenters. The number of carbonyl (C=O) groups is 1. The van der Waals surface area contributed by atoms with Gasteiger partial charge in [-0.3, -0.25) is 9.59 Å². The number of carbonyl (C=O) groups excluding carboxylic acids is 1. The molecule has 0 aliphatic rings. The molecule has 0 aliphatic carbocycles. The number of rotatable bonds is 4. The highest BCUT2D eigenvalue weighted by molar-refractivity contribution is 5.69. The van der Waals surface area contributed by atoms with E-state index in [1.54, 1.807) is 12.3 Å². The topological polar surface area (TPSA) is 48.3 Å². The van der Waals surface area contributed by atoms with Crippen molar-refractivity contribution in [2.75, 3.05) is 6.61 Å². The number of pyridine rings is 1. The highest BCUT2D eigenvalue weighted by Crippen LogP contribution is 1.93. The summed E-state index contributed by atoms with van der Waals surface area (Å²) in [5.74, 6) is -0.371. The third-order valence-electron chi connectivity index (χ3n) is 1.90. The Morgan fingerprint density at radius 1 is 1.47 bits per heavy atom. The fraction of sp³-hybridized carbons (Fsp3) is 0.455. The Balaban J connectivity index is 2.68. The van der Waals surface area contributed by atoms with Crippen LogP contribution in [0.1, 0.15) is 18.9 Å². The molecule has 82 valence electrons. The Morgan fingerprint density at radius 3 is 2.87 bits per heavy atom. The summed E-state index contributed by atoms with van der Waals surface area (Å²) in [7, 11) is 0. The van der Waals surface area contributed by atoms with Gasteiger partial charge < -0.3 is 9.30 Å². The SMILES string of the molecule is CCCOC(=O)Cn1cc(C)ccc1=O. The molecular weight excluding hydrogens is 194 g/mol. The molecule has 0 aromatic carbocycles. The van der Waals surface area contributed by atoms with Crippen molar-refractivity contribution in [2.45, 2.75) is 26.8 Å². The summed E-state index contributed by atoms with van der Waals surface area (Å²) in [6.07, 6.45) is 2.43. The fourth-order valence-corrected chi connectivity index (χ4v) is 1.18. The van der Waals surface area contributed by atoms with Crippen LogP contribution >= 0.6 is 0 Å². The van der Waals surface area contributed by atoms with Crippen molar-refractivity contribution in [1.82, 2.24) is 4.57 Å². The van der Waals surface area contributed by atoms with E-state index in [1.807, 2.05) is 13.8 Å². The van der Waals surface area contributed by atoms with Gasteiger partial charge >= 0.3 is 5.97 Å². The standard InChI is InChI=1S/C11H15NO3/c1-3-6-15-11(14)8-12-7-9(2)4-5-10(12)13/h4-5,7H,3,6,8H2,1-2H3. The number of aryl methyl sites for hydroxylation is 1. The van der Waals surface area contributed by atoms with Gasteiger partial charge in [-0.05, 0) is 18.9 Å². The predicted molar refractivity (Wildman–Crippen MR) is 56.7 cm³/mol. The third-order valence-corrected chi connectivity index (χ3v) is 1.90.